The fraction of sp³-hybridized carbons (Fsp3) is 0.609. The van der Waals surface area contributed by atoms with Crippen LogP contribution >= 0.6 is 0 Å². The van der Waals surface area contributed by atoms with Crippen molar-refractivity contribution in [2.24, 2.45) is 5.92 Å². The Morgan fingerprint density at radius 1 is 1.14 bits per heavy atom. The number of urea groups is 1. The number of ether oxygens (including phenoxy) is 1. The number of nitrogens with zero attached hydrogens (tertiary/aromatic N) is 1. The van der Waals surface area contributed by atoms with E-state index in [1.807, 2.05) is 24.3 Å². The van der Waals surface area contributed by atoms with Crippen LogP contribution in [0.3, 0.4) is 0 Å². The number of esters is 1. The standard InChI is InChI=1S/C23H32N2O4/c1-15-6-12-18(13-7-15)29-19(26)14-25-20(27)23(5,24-21(25)28)17-10-8-16(9-11-17)22(2,3)4/h8-11,15,18H,6-7,12-14H2,1-5H3,(H,24,28). The van der Waals surface area contributed by atoms with Crippen LogP contribution in [0.15, 0.2) is 24.3 Å². The van der Waals surface area contributed by atoms with Crippen LogP contribution in [0.1, 0.15) is 71.4 Å². The van der Waals surface area contributed by atoms with Crippen LogP contribution in [0.25, 0.3) is 0 Å². The van der Waals surface area contributed by atoms with Crippen LogP contribution in [-0.2, 0) is 25.3 Å². The first-order chi connectivity index (χ1) is 13.5. The van der Waals surface area contributed by atoms with Crippen LogP contribution < -0.4 is 5.32 Å². The highest BCUT2D eigenvalue weighted by atomic mass is 16.5. The van der Waals surface area contributed by atoms with Crippen molar-refractivity contribution in [3.05, 3.63) is 35.4 Å². The maximum atomic E-state index is 13.0. The van der Waals surface area contributed by atoms with Crippen LogP contribution in [0, 0.1) is 5.92 Å². The lowest BCUT2D eigenvalue weighted by atomic mass is 9.84. The van der Waals surface area contributed by atoms with Crippen LogP contribution in [0.5, 0.6) is 0 Å². The molecule has 2 aliphatic rings. The summed E-state index contributed by atoms with van der Waals surface area (Å²) in [7, 11) is 0. The lowest BCUT2D eigenvalue weighted by Gasteiger charge is -2.27. The molecule has 1 heterocycles. The highest BCUT2D eigenvalue weighted by molar-refractivity contribution is 6.08. The van der Waals surface area contributed by atoms with Crippen molar-refractivity contribution >= 4 is 17.9 Å². The second-order valence-electron chi connectivity index (χ2n) is 9.65. The second-order valence-corrected chi connectivity index (χ2v) is 9.65. The molecule has 1 N–H and O–H groups in total. The third-order valence-electron chi connectivity index (χ3n) is 6.15. The molecule has 1 aliphatic heterocycles. The molecule has 3 amide bonds. The maximum absolute atomic E-state index is 13.0. The maximum Gasteiger partial charge on any atom is 0.326 e. The van der Waals surface area contributed by atoms with Gasteiger partial charge in [0.1, 0.15) is 18.2 Å². The summed E-state index contributed by atoms with van der Waals surface area (Å²) >= 11 is 0. The van der Waals surface area contributed by atoms with Crippen molar-refractivity contribution < 1.29 is 19.1 Å². The van der Waals surface area contributed by atoms with E-state index in [-0.39, 0.29) is 18.1 Å². The molecular weight excluding hydrogens is 368 g/mol. The zero-order valence-electron chi connectivity index (χ0n) is 18.1. The molecule has 29 heavy (non-hydrogen) atoms. The summed E-state index contributed by atoms with van der Waals surface area (Å²) in [5.41, 5.74) is 0.646. The van der Waals surface area contributed by atoms with Gasteiger partial charge in [-0.05, 0) is 55.1 Å². The van der Waals surface area contributed by atoms with E-state index in [1.54, 1.807) is 6.92 Å². The molecule has 2 fully saturated rings. The number of carbonyl (C=O) groups is 3. The minimum Gasteiger partial charge on any atom is -0.461 e. The van der Waals surface area contributed by atoms with Gasteiger partial charge in [-0.1, -0.05) is 52.0 Å². The van der Waals surface area contributed by atoms with E-state index in [0.717, 1.165) is 36.1 Å². The van der Waals surface area contributed by atoms with Crippen LogP contribution in [0.4, 0.5) is 4.79 Å². The molecule has 1 atom stereocenters. The van der Waals surface area contributed by atoms with E-state index in [1.165, 1.54) is 0 Å². The van der Waals surface area contributed by atoms with Gasteiger partial charge in [0.15, 0.2) is 0 Å². The lowest BCUT2D eigenvalue weighted by molar-refractivity contribution is -0.154. The van der Waals surface area contributed by atoms with Crippen molar-refractivity contribution in [2.45, 2.75) is 77.4 Å². The van der Waals surface area contributed by atoms with E-state index < -0.39 is 23.4 Å². The molecule has 0 spiro atoms. The molecule has 1 saturated heterocycles. The Kier molecular flexibility index (Phi) is 5.74. The summed E-state index contributed by atoms with van der Waals surface area (Å²) in [6.45, 7) is 9.87. The van der Waals surface area contributed by atoms with Gasteiger partial charge in [0.25, 0.3) is 5.91 Å². The van der Waals surface area contributed by atoms with Gasteiger partial charge in [-0.3, -0.25) is 14.5 Å². The molecule has 1 aliphatic carbocycles. The van der Waals surface area contributed by atoms with Crippen molar-refractivity contribution in [3.63, 3.8) is 0 Å². The fourth-order valence-corrected chi connectivity index (χ4v) is 4.04. The Balaban J connectivity index is 1.67. The Morgan fingerprint density at radius 2 is 1.72 bits per heavy atom. The Bertz CT molecular complexity index is 788. The van der Waals surface area contributed by atoms with Gasteiger partial charge in [0.2, 0.25) is 0 Å². The molecule has 6 nitrogen and oxygen atoms in total. The van der Waals surface area contributed by atoms with Crippen molar-refractivity contribution in [1.82, 2.24) is 10.2 Å². The van der Waals surface area contributed by atoms with Gasteiger partial charge in [0, 0.05) is 0 Å². The zero-order chi connectivity index (χ0) is 21.4. The highest BCUT2D eigenvalue weighted by Gasteiger charge is 2.49. The number of hydrogen-bond donors (Lipinski definition) is 1. The minimum absolute atomic E-state index is 0.00489. The molecule has 3 rings (SSSR count). The van der Waals surface area contributed by atoms with Gasteiger partial charge in [-0.15, -0.1) is 0 Å². The van der Waals surface area contributed by atoms with Crippen molar-refractivity contribution in [1.29, 1.82) is 0 Å². The lowest BCUT2D eigenvalue weighted by Crippen LogP contribution is -2.42. The number of carbonyl (C=O) groups excluding carboxylic acids is 3. The number of hydrogen-bond acceptors (Lipinski definition) is 4. The first-order valence-electron chi connectivity index (χ1n) is 10.5. The van der Waals surface area contributed by atoms with E-state index in [9.17, 15) is 14.4 Å². The van der Waals surface area contributed by atoms with Gasteiger partial charge in [0.05, 0.1) is 0 Å². The van der Waals surface area contributed by atoms with Gasteiger partial charge < -0.3 is 10.1 Å². The molecule has 0 bridgehead atoms. The molecule has 0 aromatic heterocycles. The molecule has 1 unspecified atom stereocenters. The van der Waals surface area contributed by atoms with Gasteiger partial charge in [-0.2, -0.15) is 0 Å². The molecule has 0 radical (unpaired) electrons. The first-order valence-corrected chi connectivity index (χ1v) is 10.5. The molecule has 1 aromatic carbocycles. The molecule has 1 aromatic rings. The summed E-state index contributed by atoms with van der Waals surface area (Å²) in [5.74, 6) is -0.304. The first kappa shape index (κ1) is 21.3. The monoisotopic (exact) mass is 400 g/mol. The smallest absolute Gasteiger partial charge is 0.326 e. The number of nitrogens with one attached hydrogen (secondary N) is 1. The Labute approximate surface area is 173 Å². The minimum atomic E-state index is -1.19. The average Bonchev–Trinajstić information content (AvgIpc) is 2.87. The number of benzene rings is 1. The molecular formula is C23H32N2O4. The quantitative estimate of drug-likeness (QED) is 0.615. The van der Waals surface area contributed by atoms with Crippen molar-refractivity contribution in [3.8, 4) is 0 Å². The summed E-state index contributed by atoms with van der Waals surface area (Å²) in [4.78, 5) is 38.8. The SMILES string of the molecule is CC1CCC(OC(=O)CN2C(=O)NC(C)(c3ccc(C(C)(C)C)cc3)C2=O)CC1. The van der Waals surface area contributed by atoms with Gasteiger partial charge >= 0.3 is 12.0 Å². The van der Waals surface area contributed by atoms with E-state index in [4.69, 9.17) is 4.74 Å². The van der Waals surface area contributed by atoms with Crippen molar-refractivity contribution in [2.75, 3.05) is 6.54 Å². The number of imide groups is 1. The van der Waals surface area contributed by atoms with Crippen LogP contribution in [-0.4, -0.2) is 35.5 Å². The topological polar surface area (TPSA) is 75.7 Å². The molecule has 1 saturated carbocycles. The number of amides is 3. The van der Waals surface area contributed by atoms with E-state index in [0.29, 0.717) is 11.5 Å². The van der Waals surface area contributed by atoms with Crippen LogP contribution in [0.2, 0.25) is 0 Å². The third kappa shape index (κ3) is 4.46. The molecule has 158 valence electrons. The fourth-order valence-electron chi connectivity index (χ4n) is 4.04. The molecule has 6 heteroatoms. The summed E-state index contributed by atoms with van der Waals surface area (Å²) < 4.78 is 5.51. The predicted octanol–water partition coefficient (Wildman–Crippen LogP) is 3.87. The van der Waals surface area contributed by atoms with E-state index in [2.05, 4.69) is 33.0 Å². The third-order valence-corrected chi connectivity index (χ3v) is 6.15. The normalized spacial score (nSPS) is 27.7. The zero-order valence-corrected chi connectivity index (χ0v) is 18.1. The summed E-state index contributed by atoms with van der Waals surface area (Å²) in [5, 5.41) is 2.75. The summed E-state index contributed by atoms with van der Waals surface area (Å²) in [6, 6.07) is 7.11. The Morgan fingerprint density at radius 3 is 2.28 bits per heavy atom. The van der Waals surface area contributed by atoms with Gasteiger partial charge in [-0.25, -0.2) is 4.79 Å². The average molecular weight is 401 g/mol. The second kappa shape index (κ2) is 7.81. The number of rotatable bonds is 4. The highest BCUT2D eigenvalue weighted by Crippen LogP contribution is 2.31. The largest absolute Gasteiger partial charge is 0.461 e. The van der Waals surface area contributed by atoms with E-state index >= 15 is 0 Å². The predicted molar refractivity (Wildman–Crippen MR) is 110 cm³/mol. The summed E-state index contributed by atoms with van der Waals surface area (Å²) in [6.07, 6.45) is 3.62. The Hall–Kier alpha value is -2.37.